The quantitative estimate of drug-likeness (QED) is 0.248. The monoisotopic (exact) mass is 106 g/mol. The van der Waals surface area contributed by atoms with E-state index in [0.717, 1.165) is 0 Å². The van der Waals surface area contributed by atoms with Gasteiger partial charge >= 0.3 is 29.6 Å². The molecule has 0 bridgehead atoms. The van der Waals surface area contributed by atoms with Crippen molar-refractivity contribution in [2.24, 2.45) is 0 Å². The second-order valence-corrected chi connectivity index (χ2v) is 0.274. The van der Waals surface area contributed by atoms with Crippen molar-refractivity contribution in [2.45, 2.75) is 0 Å². The molecule has 0 aromatic rings. The summed E-state index contributed by atoms with van der Waals surface area (Å²) >= 11 is 0. The first-order chi connectivity index (χ1) is 1.41. The molecule has 0 aliphatic heterocycles. The van der Waals surface area contributed by atoms with Gasteiger partial charge in [-0.2, -0.15) is 0 Å². The Labute approximate surface area is 53.9 Å². The van der Waals surface area contributed by atoms with Gasteiger partial charge in [0.25, 0.3) is 0 Å². The molecule has 0 aromatic heterocycles. The maximum atomic E-state index is 8.51. The second kappa shape index (κ2) is 18.5. The van der Waals surface area contributed by atoms with Crippen LogP contribution in [0.25, 0.3) is 0 Å². The van der Waals surface area contributed by atoms with Crippen molar-refractivity contribution >= 4 is 9.03 Å². The third kappa shape index (κ3) is 33.9. The van der Waals surface area contributed by atoms with Gasteiger partial charge in [-0.05, 0) is 0 Å². The molecule has 0 aliphatic carbocycles. The molecular formula is H4NaO3P. The van der Waals surface area contributed by atoms with Crippen LogP contribution in [0.4, 0.5) is 0 Å². The number of hydrogen-bond acceptors (Lipinski definition) is 2. The molecule has 0 saturated carbocycles. The zero-order valence-electron chi connectivity index (χ0n) is 2.86. The predicted molar refractivity (Wildman–Crippen MR) is 14.1 cm³/mol. The van der Waals surface area contributed by atoms with Crippen LogP contribution < -0.4 is 34.5 Å². The molecular weight excluding hydrogens is 102 g/mol. The molecule has 0 spiro atoms. The van der Waals surface area contributed by atoms with Crippen LogP contribution in [0.15, 0.2) is 0 Å². The third-order valence-corrected chi connectivity index (χ3v) is 0. The Morgan fingerprint density at radius 2 is 1.60 bits per heavy atom. The summed E-state index contributed by atoms with van der Waals surface area (Å²) in [6, 6.07) is 0. The number of hydrogen-bond donors (Lipinski definition) is 1. The van der Waals surface area contributed by atoms with Gasteiger partial charge in [0.05, 0.1) is 0 Å². The van der Waals surface area contributed by atoms with Crippen molar-refractivity contribution < 1.29 is 44.8 Å². The summed E-state index contributed by atoms with van der Waals surface area (Å²) in [5.41, 5.74) is 0. The third-order valence-electron chi connectivity index (χ3n) is 0. The Morgan fingerprint density at radius 3 is 1.60 bits per heavy atom. The van der Waals surface area contributed by atoms with E-state index in [1.54, 1.807) is 0 Å². The van der Waals surface area contributed by atoms with Crippen molar-refractivity contribution in [1.82, 2.24) is 0 Å². The molecule has 0 aromatic carbocycles. The maximum absolute atomic E-state index is 8.51. The largest absolute Gasteiger partial charge is 1.00 e. The summed E-state index contributed by atoms with van der Waals surface area (Å²) in [5, 5.41) is 0. The zero-order chi connectivity index (χ0) is 2.71. The van der Waals surface area contributed by atoms with Crippen LogP contribution in [0.5, 0.6) is 0 Å². The molecule has 5 heavy (non-hydrogen) atoms. The van der Waals surface area contributed by atoms with Gasteiger partial charge in [0.15, 0.2) is 0 Å². The van der Waals surface area contributed by atoms with Crippen LogP contribution in [-0.4, -0.2) is 10.4 Å². The summed E-state index contributed by atoms with van der Waals surface area (Å²) in [7, 11) is -1.17. The molecule has 0 heterocycles. The van der Waals surface area contributed by atoms with Crippen LogP contribution in [0.1, 0.15) is 0 Å². The van der Waals surface area contributed by atoms with Crippen molar-refractivity contribution in [2.75, 3.05) is 0 Å². The van der Waals surface area contributed by atoms with Crippen LogP contribution in [0.3, 0.4) is 0 Å². The molecule has 1 atom stereocenters. The maximum Gasteiger partial charge on any atom is 1.00 e. The first-order valence-electron chi connectivity index (χ1n) is 0.428. The minimum atomic E-state index is -1.17. The van der Waals surface area contributed by atoms with E-state index < -0.39 is 9.03 Å². The topological polar surface area (TPSA) is 74.8 Å². The average Bonchev–Trinajstić information content (AvgIpc) is 0.918. The molecule has 28 valence electrons. The Balaban J connectivity index is -0.0000000200. The van der Waals surface area contributed by atoms with E-state index in [1.807, 2.05) is 0 Å². The molecule has 3 nitrogen and oxygen atoms in total. The van der Waals surface area contributed by atoms with E-state index in [0.29, 0.717) is 0 Å². The van der Waals surface area contributed by atoms with E-state index in [9.17, 15) is 0 Å². The molecule has 0 rings (SSSR count). The molecule has 0 radical (unpaired) electrons. The fraction of sp³-hybridized carbons (Fsp3) is 0. The van der Waals surface area contributed by atoms with Gasteiger partial charge in [0, 0.05) is 0 Å². The van der Waals surface area contributed by atoms with Gasteiger partial charge in [-0.25, -0.2) is 0 Å². The zero-order valence-corrected chi connectivity index (χ0v) is 5.86. The molecule has 5 heteroatoms. The molecule has 0 fully saturated rings. The Morgan fingerprint density at radius 1 is 1.60 bits per heavy atom. The fourth-order valence-corrected chi connectivity index (χ4v) is 0. The van der Waals surface area contributed by atoms with Crippen molar-refractivity contribution in [3.05, 3.63) is 0 Å². The van der Waals surface area contributed by atoms with Gasteiger partial charge in [0.2, 0.25) is 0 Å². The van der Waals surface area contributed by atoms with Crippen LogP contribution >= 0.6 is 9.03 Å². The summed E-state index contributed by atoms with van der Waals surface area (Å²) in [6.07, 6.45) is 0. The molecule has 0 aliphatic rings. The van der Waals surface area contributed by atoms with Crippen molar-refractivity contribution in [1.29, 1.82) is 0 Å². The van der Waals surface area contributed by atoms with E-state index in [-0.39, 0.29) is 35.0 Å². The summed E-state index contributed by atoms with van der Waals surface area (Å²) in [5.74, 6) is 0. The average molecular weight is 106 g/mol. The SMILES string of the molecule is O.[Na+].[O-]PO. The van der Waals surface area contributed by atoms with E-state index in [1.165, 1.54) is 0 Å². The standard InChI is InChI=1S/Na.H2O2P.H2O/c;1-3-2;/h;1,3H;1H2/q+1;-1;. The summed E-state index contributed by atoms with van der Waals surface area (Å²) < 4.78 is 0. The minimum Gasteiger partial charge on any atom is -0.811 e. The minimum absolute atomic E-state index is 0. The van der Waals surface area contributed by atoms with Crippen LogP contribution in [-0.2, 0) is 0 Å². The van der Waals surface area contributed by atoms with Crippen molar-refractivity contribution in [3.63, 3.8) is 0 Å². The second-order valence-electron chi connectivity index (χ2n) is 0.0913. The number of rotatable bonds is 0. The molecule has 0 saturated heterocycles. The Bertz CT molecular complexity index is 6.85. The predicted octanol–water partition coefficient (Wildman–Crippen LogP) is -4.97. The van der Waals surface area contributed by atoms with E-state index >= 15 is 0 Å². The molecule has 1 unspecified atom stereocenters. The Hall–Kier alpha value is 1.31. The first kappa shape index (κ1) is 16.2. The van der Waals surface area contributed by atoms with Gasteiger partial charge in [-0.1, -0.05) is 9.03 Å². The first-order valence-corrected chi connectivity index (χ1v) is 1.28. The molecule has 3 N–H and O–H groups in total. The molecule has 0 amide bonds. The van der Waals surface area contributed by atoms with E-state index in [4.69, 9.17) is 9.79 Å². The van der Waals surface area contributed by atoms with Gasteiger partial charge in [0.1, 0.15) is 0 Å². The van der Waals surface area contributed by atoms with Gasteiger partial charge < -0.3 is 15.3 Å². The van der Waals surface area contributed by atoms with E-state index in [2.05, 4.69) is 0 Å². The van der Waals surface area contributed by atoms with Crippen LogP contribution in [0, 0.1) is 0 Å². The fourth-order valence-electron chi connectivity index (χ4n) is 0. The van der Waals surface area contributed by atoms with Crippen molar-refractivity contribution in [3.8, 4) is 0 Å². The van der Waals surface area contributed by atoms with Crippen LogP contribution in [0.2, 0.25) is 0 Å². The van der Waals surface area contributed by atoms with Gasteiger partial charge in [-0.3, -0.25) is 0 Å². The summed E-state index contributed by atoms with van der Waals surface area (Å²) in [4.78, 5) is 15.6. The Kier molecular flexibility index (Phi) is 60.0. The normalized spacial score (nSPS) is 6.00. The smallest absolute Gasteiger partial charge is 0.811 e. The summed E-state index contributed by atoms with van der Waals surface area (Å²) in [6.45, 7) is 0. The van der Waals surface area contributed by atoms with Gasteiger partial charge in [-0.15, -0.1) is 0 Å².